The molecule has 2 rings (SSSR count). The van der Waals surface area contributed by atoms with E-state index >= 15 is 0 Å². The number of rotatable bonds is 5. The molecule has 0 aliphatic carbocycles. The van der Waals surface area contributed by atoms with E-state index in [9.17, 15) is 18.8 Å². The van der Waals surface area contributed by atoms with Gasteiger partial charge in [-0.2, -0.15) is 0 Å². The summed E-state index contributed by atoms with van der Waals surface area (Å²) in [5, 5.41) is 2.34. The Morgan fingerprint density at radius 1 is 1.25 bits per heavy atom. The number of ketones is 1. The molecule has 0 aliphatic heterocycles. The predicted octanol–water partition coefficient (Wildman–Crippen LogP) is 2.87. The molecule has 1 N–H and O–H groups in total. The summed E-state index contributed by atoms with van der Waals surface area (Å²) in [6, 6.07) is 6.47. The third-order valence-corrected chi connectivity index (χ3v) is 3.20. The summed E-state index contributed by atoms with van der Waals surface area (Å²) in [7, 11) is 0. The van der Waals surface area contributed by atoms with Gasteiger partial charge in [0.15, 0.2) is 6.61 Å². The summed E-state index contributed by atoms with van der Waals surface area (Å²) >= 11 is 5.74. The zero-order chi connectivity index (χ0) is 17.7. The van der Waals surface area contributed by atoms with Gasteiger partial charge < -0.3 is 10.1 Å². The molecule has 124 valence electrons. The highest BCUT2D eigenvalue weighted by atomic mass is 35.5. The second-order valence-electron chi connectivity index (χ2n) is 4.72. The number of amides is 1. The minimum atomic E-state index is -0.836. The largest absolute Gasteiger partial charge is 0.454 e. The van der Waals surface area contributed by atoms with Crippen LogP contribution in [-0.2, 0) is 9.53 Å². The lowest BCUT2D eigenvalue weighted by atomic mass is 10.1. The second-order valence-corrected chi connectivity index (χ2v) is 5.07. The minimum absolute atomic E-state index is 0.00782. The SMILES string of the molecule is CC(=O)Nc1ccc(C(=O)COC(=O)c2cccnc2Cl)c(F)c1. The number of carbonyl (C=O) groups excluding carboxylic acids is 3. The highest BCUT2D eigenvalue weighted by Gasteiger charge is 2.17. The summed E-state index contributed by atoms with van der Waals surface area (Å²) in [4.78, 5) is 38.4. The molecule has 0 fully saturated rings. The highest BCUT2D eigenvalue weighted by Crippen LogP contribution is 2.16. The Morgan fingerprint density at radius 2 is 2.00 bits per heavy atom. The number of benzene rings is 1. The van der Waals surface area contributed by atoms with Gasteiger partial charge in [-0.1, -0.05) is 11.6 Å². The van der Waals surface area contributed by atoms with E-state index in [0.717, 1.165) is 6.07 Å². The van der Waals surface area contributed by atoms with Crippen molar-refractivity contribution < 1.29 is 23.5 Å². The monoisotopic (exact) mass is 350 g/mol. The Morgan fingerprint density at radius 3 is 2.62 bits per heavy atom. The van der Waals surface area contributed by atoms with Crippen LogP contribution in [0, 0.1) is 5.82 Å². The second kappa shape index (κ2) is 7.65. The number of hydrogen-bond donors (Lipinski definition) is 1. The average Bonchev–Trinajstić information content (AvgIpc) is 2.52. The number of esters is 1. The first-order chi connectivity index (χ1) is 11.4. The van der Waals surface area contributed by atoms with Crippen molar-refractivity contribution in [2.24, 2.45) is 0 Å². The van der Waals surface area contributed by atoms with Crippen LogP contribution >= 0.6 is 11.6 Å². The number of nitrogens with one attached hydrogen (secondary N) is 1. The van der Waals surface area contributed by atoms with Gasteiger partial charge >= 0.3 is 5.97 Å². The number of pyridine rings is 1. The molecule has 0 aliphatic rings. The van der Waals surface area contributed by atoms with Crippen molar-refractivity contribution in [3.63, 3.8) is 0 Å². The van der Waals surface area contributed by atoms with Crippen LogP contribution in [0.2, 0.25) is 5.15 Å². The van der Waals surface area contributed by atoms with Gasteiger partial charge in [0.1, 0.15) is 11.0 Å². The molecule has 0 spiro atoms. The predicted molar refractivity (Wildman–Crippen MR) is 84.6 cm³/mol. The molecule has 24 heavy (non-hydrogen) atoms. The summed E-state index contributed by atoms with van der Waals surface area (Å²) in [5.41, 5.74) is -0.0293. The van der Waals surface area contributed by atoms with E-state index in [4.69, 9.17) is 16.3 Å². The number of ether oxygens (including phenoxy) is 1. The van der Waals surface area contributed by atoms with Crippen LogP contribution < -0.4 is 5.32 Å². The fourth-order valence-corrected chi connectivity index (χ4v) is 2.04. The van der Waals surface area contributed by atoms with E-state index in [1.54, 1.807) is 0 Å². The summed E-state index contributed by atoms with van der Waals surface area (Å²) in [5.74, 6) is -2.76. The molecule has 1 aromatic heterocycles. The van der Waals surface area contributed by atoms with Gasteiger partial charge in [-0.3, -0.25) is 9.59 Å². The van der Waals surface area contributed by atoms with Crippen LogP contribution in [0.1, 0.15) is 27.6 Å². The summed E-state index contributed by atoms with van der Waals surface area (Å²) < 4.78 is 18.7. The molecule has 0 atom stereocenters. The molecule has 0 saturated heterocycles. The molecular formula is C16H12ClFN2O4. The maximum atomic E-state index is 13.9. The number of carbonyl (C=O) groups is 3. The number of nitrogens with zero attached hydrogens (tertiary/aromatic N) is 1. The third-order valence-electron chi connectivity index (χ3n) is 2.90. The minimum Gasteiger partial charge on any atom is -0.454 e. The third kappa shape index (κ3) is 4.36. The normalized spacial score (nSPS) is 10.1. The number of anilines is 1. The molecule has 1 heterocycles. The van der Waals surface area contributed by atoms with Crippen molar-refractivity contribution in [2.45, 2.75) is 6.92 Å². The van der Waals surface area contributed by atoms with Crippen LogP contribution in [0.5, 0.6) is 0 Å². The van der Waals surface area contributed by atoms with Crippen LogP contribution in [0.25, 0.3) is 0 Å². The van der Waals surface area contributed by atoms with Crippen LogP contribution in [-0.4, -0.2) is 29.3 Å². The average molecular weight is 351 g/mol. The van der Waals surface area contributed by atoms with Crippen molar-refractivity contribution in [1.82, 2.24) is 4.98 Å². The van der Waals surface area contributed by atoms with E-state index < -0.39 is 24.2 Å². The highest BCUT2D eigenvalue weighted by molar-refractivity contribution is 6.32. The lowest BCUT2D eigenvalue weighted by molar-refractivity contribution is -0.114. The Kier molecular flexibility index (Phi) is 5.59. The Labute approximate surface area is 141 Å². The molecule has 0 radical (unpaired) electrons. The van der Waals surface area contributed by atoms with Gasteiger partial charge in [-0.15, -0.1) is 0 Å². The maximum Gasteiger partial charge on any atom is 0.341 e. The van der Waals surface area contributed by atoms with E-state index in [2.05, 4.69) is 10.3 Å². The van der Waals surface area contributed by atoms with Crippen LogP contribution in [0.15, 0.2) is 36.5 Å². The first-order valence-electron chi connectivity index (χ1n) is 6.76. The maximum absolute atomic E-state index is 13.9. The lowest BCUT2D eigenvalue weighted by Gasteiger charge is -2.07. The van der Waals surface area contributed by atoms with Crippen molar-refractivity contribution in [3.8, 4) is 0 Å². The molecule has 0 saturated carbocycles. The zero-order valence-electron chi connectivity index (χ0n) is 12.5. The molecule has 8 heteroatoms. The van der Waals surface area contributed by atoms with Crippen molar-refractivity contribution in [2.75, 3.05) is 11.9 Å². The number of Topliss-reactive ketones (excluding diaryl/α,β-unsaturated/α-hetero) is 1. The first-order valence-corrected chi connectivity index (χ1v) is 7.14. The van der Waals surface area contributed by atoms with Crippen molar-refractivity contribution >= 4 is 34.9 Å². The van der Waals surface area contributed by atoms with Crippen LogP contribution in [0.3, 0.4) is 0 Å². The topological polar surface area (TPSA) is 85.4 Å². The van der Waals surface area contributed by atoms with E-state index in [-0.39, 0.29) is 27.9 Å². The van der Waals surface area contributed by atoms with Gasteiger partial charge in [0.25, 0.3) is 0 Å². The van der Waals surface area contributed by atoms with E-state index in [0.29, 0.717) is 0 Å². The molecule has 1 amide bonds. The molecular weight excluding hydrogens is 339 g/mol. The Hall–Kier alpha value is -2.80. The molecule has 6 nitrogen and oxygen atoms in total. The smallest absolute Gasteiger partial charge is 0.341 e. The number of hydrogen-bond acceptors (Lipinski definition) is 5. The molecule has 0 unspecified atom stereocenters. The Bertz CT molecular complexity index is 810. The summed E-state index contributed by atoms with van der Waals surface area (Å²) in [6.07, 6.45) is 1.40. The molecule has 1 aromatic carbocycles. The quantitative estimate of drug-likeness (QED) is 0.509. The molecule has 0 bridgehead atoms. The first kappa shape index (κ1) is 17.6. The van der Waals surface area contributed by atoms with Gasteiger partial charge in [-0.25, -0.2) is 14.2 Å². The number of halogens is 2. The van der Waals surface area contributed by atoms with Gasteiger partial charge in [0.05, 0.1) is 11.1 Å². The van der Waals surface area contributed by atoms with E-state index in [1.807, 2.05) is 0 Å². The van der Waals surface area contributed by atoms with E-state index in [1.165, 1.54) is 37.4 Å². The standard InChI is InChI=1S/C16H12ClFN2O4/c1-9(21)20-10-4-5-11(13(18)7-10)14(22)8-24-16(23)12-3-2-6-19-15(12)17/h2-7H,8H2,1H3,(H,20,21). The van der Waals surface area contributed by atoms with Crippen molar-refractivity contribution in [3.05, 3.63) is 58.6 Å². The fraction of sp³-hybridized carbons (Fsp3) is 0.125. The summed E-state index contributed by atoms with van der Waals surface area (Å²) in [6.45, 7) is 0.625. The fourth-order valence-electron chi connectivity index (χ4n) is 1.85. The molecule has 2 aromatic rings. The lowest BCUT2D eigenvalue weighted by Crippen LogP contribution is -2.16. The van der Waals surface area contributed by atoms with Crippen LogP contribution in [0.4, 0.5) is 10.1 Å². The zero-order valence-corrected chi connectivity index (χ0v) is 13.3. The van der Waals surface area contributed by atoms with Gasteiger partial charge in [0, 0.05) is 18.8 Å². The Balaban J connectivity index is 2.04. The van der Waals surface area contributed by atoms with Gasteiger partial charge in [0.2, 0.25) is 11.7 Å². The van der Waals surface area contributed by atoms with Crippen molar-refractivity contribution in [1.29, 1.82) is 0 Å². The number of aromatic nitrogens is 1. The van der Waals surface area contributed by atoms with Gasteiger partial charge in [-0.05, 0) is 30.3 Å².